The number of nitrogens with zero attached hydrogens (tertiary/aromatic N) is 1. The Morgan fingerprint density at radius 3 is 3.00 bits per heavy atom. The summed E-state index contributed by atoms with van der Waals surface area (Å²) < 4.78 is 23.0. The minimum Gasteiger partial charge on any atom is -0.350 e. The van der Waals surface area contributed by atoms with Gasteiger partial charge in [-0.3, -0.25) is 9.78 Å². The van der Waals surface area contributed by atoms with Crippen LogP contribution in [0.15, 0.2) is 18.2 Å². The van der Waals surface area contributed by atoms with E-state index in [1.54, 1.807) is 0 Å². The van der Waals surface area contributed by atoms with E-state index in [1.807, 2.05) is 25.1 Å². The summed E-state index contributed by atoms with van der Waals surface area (Å²) in [6, 6.07) is 5.33. The molecule has 0 bridgehead atoms. The molecule has 110 valence electrons. The lowest BCUT2D eigenvalue weighted by atomic mass is 10.2. The summed E-state index contributed by atoms with van der Waals surface area (Å²) in [5.74, 6) is 0.0180. The van der Waals surface area contributed by atoms with E-state index in [0.717, 1.165) is 11.4 Å². The number of aryl methyl sites for hydroxylation is 1. The van der Waals surface area contributed by atoms with Crippen LogP contribution in [0.4, 0.5) is 0 Å². The average molecular weight is 297 g/mol. The van der Waals surface area contributed by atoms with Crippen LogP contribution in [-0.4, -0.2) is 43.4 Å². The first-order valence-corrected chi connectivity index (χ1v) is 8.40. The molecule has 1 amide bonds. The third kappa shape index (κ3) is 4.57. The molecule has 1 aliphatic heterocycles. The summed E-state index contributed by atoms with van der Waals surface area (Å²) in [5.41, 5.74) is 1.69. The molecule has 1 aliphatic rings. The van der Waals surface area contributed by atoms with Crippen LogP contribution in [0.3, 0.4) is 0 Å². The molecular weight excluding hydrogens is 278 g/mol. The Hall–Kier alpha value is -1.47. The number of aromatic nitrogens is 1. The highest BCUT2D eigenvalue weighted by Gasteiger charge is 2.25. The molecule has 2 N–H and O–H groups in total. The first-order chi connectivity index (χ1) is 9.44. The summed E-state index contributed by atoms with van der Waals surface area (Å²) in [4.78, 5) is 16.1. The second-order valence-corrected chi connectivity index (χ2v) is 7.25. The van der Waals surface area contributed by atoms with Crippen LogP contribution in [-0.2, 0) is 21.2 Å². The number of carbonyl (C=O) groups is 1. The van der Waals surface area contributed by atoms with Crippen molar-refractivity contribution in [2.45, 2.75) is 25.9 Å². The van der Waals surface area contributed by atoms with Crippen LogP contribution in [0.1, 0.15) is 17.8 Å². The lowest BCUT2D eigenvalue weighted by Gasteiger charge is -2.23. The largest absolute Gasteiger partial charge is 0.350 e. The third-order valence-electron chi connectivity index (χ3n) is 3.15. The summed E-state index contributed by atoms with van der Waals surface area (Å²) in [7, 11) is -3.01. The molecule has 0 saturated carbocycles. The molecule has 7 heteroatoms. The van der Waals surface area contributed by atoms with E-state index in [0.29, 0.717) is 13.1 Å². The number of carbonyl (C=O) groups excluding carboxylic acids is 1. The Labute approximate surface area is 118 Å². The molecule has 1 aromatic rings. The van der Waals surface area contributed by atoms with Gasteiger partial charge < -0.3 is 10.6 Å². The highest BCUT2D eigenvalue weighted by atomic mass is 32.2. The monoisotopic (exact) mass is 297 g/mol. The van der Waals surface area contributed by atoms with Gasteiger partial charge in [-0.25, -0.2) is 8.42 Å². The minimum atomic E-state index is -3.01. The molecule has 1 aromatic heterocycles. The smallest absolute Gasteiger partial charge is 0.221 e. The summed E-state index contributed by atoms with van der Waals surface area (Å²) in [6.07, 6.45) is 0.172. The zero-order valence-corrected chi connectivity index (χ0v) is 12.2. The average Bonchev–Trinajstić information content (AvgIpc) is 2.35. The van der Waals surface area contributed by atoms with Gasteiger partial charge in [0.15, 0.2) is 9.84 Å². The standard InChI is InChI=1S/C13H19N3O3S/c1-10-3-2-4-11(16-10)8-15-13(17)7-12-9-20(18,19)6-5-14-12/h2-4,12,14H,5-9H2,1H3,(H,15,17). The second-order valence-electron chi connectivity index (χ2n) is 5.02. The zero-order valence-electron chi connectivity index (χ0n) is 11.4. The van der Waals surface area contributed by atoms with Crippen molar-refractivity contribution in [2.75, 3.05) is 18.1 Å². The fourth-order valence-corrected chi connectivity index (χ4v) is 3.63. The third-order valence-corrected chi connectivity index (χ3v) is 4.88. The van der Waals surface area contributed by atoms with E-state index >= 15 is 0 Å². The van der Waals surface area contributed by atoms with Crippen molar-refractivity contribution in [1.82, 2.24) is 15.6 Å². The number of hydrogen-bond donors (Lipinski definition) is 2. The van der Waals surface area contributed by atoms with E-state index in [9.17, 15) is 13.2 Å². The maximum Gasteiger partial charge on any atom is 0.221 e. The maximum atomic E-state index is 11.8. The van der Waals surface area contributed by atoms with E-state index in [2.05, 4.69) is 15.6 Å². The maximum absolute atomic E-state index is 11.8. The zero-order chi connectivity index (χ0) is 14.6. The summed E-state index contributed by atoms with van der Waals surface area (Å²) >= 11 is 0. The van der Waals surface area contributed by atoms with Gasteiger partial charge in [0.25, 0.3) is 0 Å². The van der Waals surface area contributed by atoms with Gasteiger partial charge in [0.2, 0.25) is 5.91 Å². The van der Waals surface area contributed by atoms with Crippen molar-refractivity contribution < 1.29 is 13.2 Å². The fraction of sp³-hybridized carbons (Fsp3) is 0.538. The molecule has 2 heterocycles. The molecule has 1 fully saturated rings. The molecule has 6 nitrogen and oxygen atoms in total. The Morgan fingerprint density at radius 2 is 2.30 bits per heavy atom. The van der Waals surface area contributed by atoms with Crippen molar-refractivity contribution >= 4 is 15.7 Å². The SMILES string of the molecule is Cc1cccc(CNC(=O)CC2CS(=O)(=O)CCN2)n1. The molecule has 0 aliphatic carbocycles. The Bertz CT molecular complexity index is 586. The summed E-state index contributed by atoms with van der Waals surface area (Å²) in [5, 5.41) is 5.82. The van der Waals surface area contributed by atoms with E-state index in [-0.39, 0.29) is 29.9 Å². The van der Waals surface area contributed by atoms with Crippen molar-refractivity contribution in [2.24, 2.45) is 0 Å². The van der Waals surface area contributed by atoms with Gasteiger partial charge in [-0.05, 0) is 19.1 Å². The molecule has 0 aromatic carbocycles. The van der Waals surface area contributed by atoms with Gasteiger partial charge in [0.05, 0.1) is 23.7 Å². The second kappa shape index (κ2) is 6.32. The normalized spacial score (nSPS) is 21.4. The van der Waals surface area contributed by atoms with Crippen LogP contribution in [0.5, 0.6) is 0 Å². The molecule has 20 heavy (non-hydrogen) atoms. The number of pyridine rings is 1. The minimum absolute atomic E-state index is 0.0309. The summed E-state index contributed by atoms with van der Waals surface area (Å²) in [6.45, 7) is 2.67. The van der Waals surface area contributed by atoms with Crippen LogP contribution < -0.4 is 10.6 Å². The van der Waals surface area contributed by atoms with Gasteiger partial charge in [-0.1, -0.05) is 6.07 Å². The van der Waals surface area contributed by atoms with E-state index in [1.165, 1.54) is 0 Å². The molecule has 1 saturated heterocycles. The number of hydrogen-bond acceptors (Lipinski definition) is 5. The molecule has 1 atom stereocenters. The number of nitrogens with one attached hydrogen (secondary N) is 2. The Kier molecular flexibility index (Phi) is 4.72. The van der Waals surface area contributed by atoms with E-state index < -0.39 is 9.84 Å². The Morgan fingerprint density at radius 1 is 1.50 bits per heavy atom. The predicted molar refractivity (Wildman–Crippen MR) is 75.9 cm³/mol. The highest BCUT2D eigenvalue weighted by molar-refractivity contribution is 7.91. The van der Waals surface area contributed by atoms with Crippen LogP contribution >= 0.6 is 0 Å². The molecule has 2 rings (SSSR count). The molecule has 0 radical (unpaired) electrons. The van der Waals surface area contributed by atoms with Gasteiger partial charge in [-0.2, -0.15) is 0 Å². The lowest BCUT2D eigenvalue weighted by molar-refractivity contribution is -0.121. The Balaban J connectivity index is 1.81. The van der Waals surface area contributed by atoms with Crippen molar-refractivity contribution in [1.29, 1.82) is 0 Å². The van der Waals surface area contributed by atoms with E-state index in [4.69, 9.17) is 0 Å². The fourth-order valence-electron chi connectivity index (χ4n) is 2.18. The van der Waals surface area contributed by atoms with Gasteiger partial charge >= 0.3 is 0 Å². The first-order valence-electron chi connectivity index (χ1n) is 6.58. The van der Waals surface area contributed by atoms with Gasteiger partial charge in [0.1, 0.15) is 0 Å². The topological polar surface area (TPSA) is 88.2 Å². The molecule has 0 spiro atoms. The van der Waals surface area contributed by atoms with Gasteiger partial charge in [0, 0.05) is 24.7 Å². The predicted octanol–water partition coefficient (Wildman–Crippen LogP) is -0.217. The number of amides is 1. The van der Waals surface area contributed by atoms with Gasteiger partial charge in [-0.15, -0.1) is 0 Å². The quantitative estimate of drug-likeness (QED) is 0.802. The van der Waals surface area contributed by atoms with Crippen LogP contribution in [0, 0.1) is 6.92 Å². The van der Waals surface area contributed by atoms with Crippen molar-refractivity contribution in [3.8, 4) is 0 Å². The lowest BCUT2D eigenvalue weighted by Crippen LogP contribution is -2.47. The van der Waals surface area contributed by atoms with Crippen molar-refractivity contribution in [3.63, 3.8) is 0 Å². The van der Waals surface area contributed by atoms with Crippen LogP contribution in [0.2, 0.25) is 0 Å². The first kappa shape index (κ1) is 14.9. The van der Waals surface area contributed by atoms with Crippen LogP contribution in [0.25, 0.3) is 0 Å². The molecule has 1 unspecified atom stereocenters. The number of sulfone groups is 1. The van der Waals surface area contributed by atoms with Crippen molar-refractivity contribution in [3.05, 3.63) is 29.6 Å². The highest BCUT2D eigenvalue weighted by Crippen LogP contribution is 2.05. The number of rotatable bonds is 4. The molecular formula is C13H19N3O3S.